The first-order chi connectivity index (χ1) is 19.2. The van der Waals surface area contributed by atoms with Gasteiger partial charge in [-0.25, -0.2) is 22.0 Å². The number of halogens is 10. The molecule has 2 nitrogen and oxygen atoms in total. The van der Waals surface area contributed by atoms with E-state index in [1.165, 1.54) is 12.1 Å². The van der Waals surface area contributed by atoms with E-state index in [4.69, 9.17) is 0 Å². The fourth-order valence-corrected chi connectivity index (χ4v) is 4.04. The van der Waals surface area contributed by atoms with E-state index in [1.54, 1.807) is 6.07 Å². The second-order valence-electron chi connectivity index (χ2n) is 8.84. The van der Waals surface area contributed by atoms with E-state index in [2.05, 4.69) is 9.47 Å². The Kier molecular flexibility index (Phi) is 8.23. The first-order valence-electron chi connectivity index (χ1n) is 11.9. The van der Waals surface area contributed by atoms with Crippen LogP contribution in [-0.2, 0) is 12.5 Å². The number of ether oxygens (including phenoxy) is 2. The summed E-state index contributed by atoms with van der Waals surface area (Å²) in [6.07, 6.45) is -8.35. The maximum Gasteiger partial charge on any atom is 0.573 e. The molecule has 0 radical (unpaired) electrons. The van der Waals surface area contributed by atoms with Gasteiger partial charge in [0.15, 0.2) is 29.0 Å². The minimum absolute atomic E-state index is 0.173. The average molecular weight is 588 g/mol. The summed E-state index contributed by atoms with van der Waals surface area (Å²) in [7, 11) is 0. The number of aryl methyl sites for hydroxylation is 1. The number of hydrogen-bond donors (Lipinski definition) is 0. The summed E-state index contributed by atoms with van der Waals surface area (Å²) in [4.78, 5) is 0. The van der Waals surface area contributed by atoms with Gasteiger partial charge < -0.3 is 9.47 Å². The summed E-state index contributed by atoms with van der Waals surface area (Å²) in [5, 5.41) is 0. The maximum absolute atomic E-state index is 14.8. The van der Waals surface area contributed by atoms with Crippen molar-refractivity contribution in [3.05, 3.63) is 107 Å². The van der Waals surface area contributed by atoms with Crippen molar-refractivity contribution >= 4 is 0 Å². The fraction of sp³-hybridized carbons (Fsp3) is 0.172. The SMILES string of the molecule is CCCc1ccc(-c2cc(F)c(OC(F)(F)c3ccc(-c4ccc(OC(F)(F)F)c(F)c4)c(F)c3)c(F)c2)c(F)c1. The highest BCUT2D eigenvalue weighted by Crippen LogP contribution is 2.39. The number of alkyl halides is 5. The molecule has 0 saturated heterocycles. The third-order valence-corrected chi connectivity index (χ3v) is 5.89. The molecule has 0 heterocycles. The van der Waals surface area contributed by atoms with Gasteiger partial charge in [-0.05, 0) is 65.6 Å². The summed E-state index contributed by atoms with van der Waals surface area (Å²) >= 11 is 0. The summed E-state index contributed by atoms with van der Waals surface area (Å²) < 4.78 is 147. The minimum Gasteiger partial charge on any atom is -0.423 e. The molecule has 41 heavy (non-hydrogen) atoms. The molecule has 216 valence electrons. The Morgan fingerprint density at radius 2 is 1.17 bits per heavy atom. The van der Waals surface area contributed by atoms with Crippen LogP contribution in [0.25, 0.3) is 22.3 Å². The quantitative estimate of drug-likeness (QED) is 0.191. The summed E-state index contributed by atoms with van der Waals surface area (Å²) in [5.74, 6) is -9.49. The van der Waals surface area contributed by atoms with Gasteiger partial charge in [-0.2, -0.15) is 8.78 Å². The molecule has 4 aromatic rings. The van der Waals surface area contributed by atoms with Gasteiger partial charge in [0, 0.05) is 11.1 Å². The molecule has 0 spiro atoms. The number of rotatable bonds is 8. The van der Waals surface area contributed by atoms with Crippen LogP contribution < -0.4 is 9.47 Å². The van der Waals surface area contributed by atoms with Crippen LogP contribution in [0.3, 0.4) is 0 Å². The van der Waals surface area contributed by atoms with Crippen LogP contribution in [0.1, 0.15) is 24.5 Å². The molecule has 0 amide bonds. The first-order valence-corrected chi connectivity index (χ1v) is 11.9. The first kappa shape index (κ1) is 29.8. The summed E-state index contributed by atoms with van der Waals surface area (Å²) in [6.45, 7) is 1.88. The van der Waals surface area contributed by atoms with E-state index in [1.807, 2.05) is 6.92 Å². The molecule has 12 heteroatoms. The molecule has 4 aromatic carbocycles. The second kappa shape index (κ2) is 11.3. The summed E-state index contributed by atoms with van der Waals surface area (Å²) in [6, 6.07) is 8.84. The maximum atomic E-state index is 14.8. The molecule has 0 unspecified atom stereocenters. The van der Waals surface area contributed by atoms with E-state index in [-0.39, 0.29) is 22.8 Å². The Balaban J connectivity index is 1.59. The zero-order chi connectivity index (χ0) is 30.1. The lowest BCUT2D eigenvalue weighted by molar-refractivity contribution is -0.275. The molecule has 0 fully saturated rings. The van der Waals surface area contributed by atoms with Crippen LogP contribution in [0.4, 0.5) is 43.9 Å². The van der Waals surface area contributed by atoms with Crippen molar-refractivity contribution in [2.24, 2.45) is 0 Å². The molecule has 0 aromatic heterocycles. The van der Waals surface area contributed by atoms with Crippen LogP contribution in [-0.4, -0.2) is 6.36 Å². The molecule has 0 aliphatic carbocycles. The number of hydrogen-bond acceptors (Lipinski definition) is 2. The van der Waals surface area contributed by atoms with Crippen molar-refractivity contribution in [1.29, 1.82) is 0 Å². The topological polar surface area (TPSA) is 18.5 Å². The molecule has 0 saturated carbocycles. The van der Waals surface area contributed by atoms with Crippen LogP contribution in [0.2, 0.25) is 0 Å². The highest BCUT2D eigenvalue weighted by Gasteiger charge is 2.38. The van der Waals surface area contributed by atoms with Crippen molar-refractivity contribution in [1.82, 2.24) is 0 Å². The zero-order valence-corrected chi connectivity index (χ0v) is 20.9. The Morgan fingerprint density at radius 1 is 0.585 bits per heavy atom. The van der Waals surface area contributed by atoms with Gasteiger partial charge in [0.2, 0.25) is 0 Å². The Hall–Kier alpha value is -4.22. The molecule has 0 bridgehead atoms. The predicted molar refractivity (Wildman–Crippen MR) is 129 cm³/mol. The lowest BCUT2D eigenvalue weighted by Gasteiger charge is -2.20. The van der Waals surface area contributed by atoms with Gasteiger partial charge in [0.1, 0.15) is 11.6 Å². The Bertz CT molecular complexity index is 1560. The van der Waals surface area contributed by atoms with Crippen LogP contribution in [0.15, 0.2) is 66.7 Å². The molecule has 0 atom stereocenters. The van der Waals surface area contributed by atoms with Gasteiger partial charge in [0.05, 0.1) is 5.56 Å². The van der Waals surface area contributed by atoms with Crippen LogP contribution in [0, 0.1) is 29.1 Å². The van der Waals surface area contributed by atoms with Gasteiger partial charge in [-0.1, -0.05) is 37.6 Å². The monoisotopic (exact) mass is 588 g/mol. The second-order valence-corrected chi connectivity index (χ2v) is 8.84. The highest BCUT2D eigenvalue weighted by molar-refractivity contribution is 5.67. The van der Waals surface area contributed by atoms with Gasteiger partial charge >= 0.3 is 12.5 Å². The van der Waals surface area contributed by atoms with E-state index in [9.17, 15) is 43.9 Å². The largest absolute Gasteiger partial charge is 0.573 e. The minimum atomic E-state index is -5.18. The molecular weight excluding hydrogens is 570 g/mol. The standard InChI is InChI=1S/C29H18F10O2/c1-2-3-15-4-7-20(21(30)10-15)17-12-24(33)27(25(34)13-17)41-28(35,36)18-6-8-19(22(31)14-18)16-5-9-26(23(32)11-16)40-29(37,38)39/h4-14H,2-3H2,1H3. The molecule has 0 N–H and O–H groups in total. The zero-order valence-electron chi connectivity index (χ0n) is 20.9. The van der Waals surface area contributed by atoms with E-state index < -0.39 is 64.2 Å². The molecule has 4 rings (SSSR count). The Morgan fingerprint density at radius 3 is 1.73 bits per heavy atom. The fourth-order valence-electron chi connectivity index (χ4n) is 4.04. The summed E-state index contributed by atoms with van der Waals surface area (Å²) in [5.41, 5.74) is -1.76. The van der Waals surface area contributed by atoms with Crippen molar-refractivity contribution in [3.63, 3.8) is 0 Å². The lowest BCUT2D eigenvalue weighted by atomic mass is 10.0. The van der Waals surface area contributed by atoms with Crippen molar-refractivity contribution in [2.45, 2.75) is 32.2 Å². The van der Waals surface area contributed by atoms with Crippen LogP contribution in [0.5, 0.6) is 11.5 Å². The molecule has 0 aliphatic rings. The third kappa shape index (κ3) is 6.75. The highest BCUT2D eigenvalue weighted by atomic mass is 19.4. The number of benzene rings is 4. The van der Waals surface area contributed by atoms with Crippen molar-refractivity contribution < 1.29 is 53.4 Å². The van der Waals surface area contributed by atoms with Gasteiger partial charge in [-0.15, -0.1) is 13.2 Å². The normalized spacial score (nSPS) is 12.0. The van der Waals surface area contributed by atoms with Crippen LogP contribution >= 0.6 is 0 Å². The van der Waals surface area contributed by atoms with Gasteiger partial charge in [0.25, 0.3) is 0 Å². The van der Waals surface area contributed by atoms with E-state index >= 15 is 0 Å². The molecular formula is C29H18F10O2. The average Bonchev–Trinajstić information content (AvgIpc) is 2.87. The van der Waals surface area contributed by atoms with E-state index in [0.29, 0.717) is 42.3 Å². The van der Waals surface area contributed by atoms with Crippen molar-refractivity contribution in [3.8, 4) is 33.8 Å². The molecule has 0 aliphatic heterocycles. The Labute approximate surface area is 226 Å². The predicted octanol–water partition coefficient (Wildman–Crippen LogP) is 9.70. The lowest BCUT2D eigenvalue weighted by Crippen LogP contribution is -2.23. The van der Waals surface area contributed by atoms with Crippen molar-refractivity contribution in [2.75, 3.05) is 0 Å². The van der Waals surface area contributed by atoms with Gasteiger partial charge in [-0.3, -0.25) is 0 Å². The van der Waals surface area contributed by atoms with E-state index in [0.717, 1.165) is 18.6 Å². The smallest absolute Gasteiger partial charge is 0.423 e. The third-order valence-electron chi connectivity index (χ3n) is 5.89.